The molecule has 2 N–H and O–H groups in total. The van der Waals surface area contributed by atoms with Crippen LogP contribution in [0.5, 0.6) is 0 Å². The summed E-state index contributed by atoms with van der Waals surface area (Å²) in [5.41, 5.74) is 8.63. The lowest BCUT2D eigenvalue weighted by atomic mass is 10.2. The third-order valence-corrected chi connectivity index (χ3v) is 3.65. The largest absolute Gasteiger partial charge is 0.384 e. The minimum Gasteiger partial charge on any atom is -0.384 e. The van der Waals surface area contributed by atoms with Gasteiger partial charge >= 0.3 is 0 Å². The van der Waals surface area contributed by atoms with Crippen LogP contribution in [0.25, 0.3) is 0 Å². The second kappa shape index (κ2) is 3.23. The Morgan fingerprint density at radius 1 is 1.27 bits per heavy atom. The smallest absolute Gasteiger partial charge is 0.126 e. The molecule has 2 heterocycles. The molecule has 4 heteroatoms. The maximum absolute atomic E-state index is 6.17. The number of nitrogens with two attached hydrogens (primary N) is 1. The van der Waals surface area contributed by atoms with E-state index in [0.29, 0.717) is 6.04 Å². The Morgan fingerprint density at radius 3 is 2.67 bits per heavy atom. The van der Waals surface area contributed by atoms with Crippen molar-refractivity contribution in [3.05, 3.63) is 11.3 Å². The number of rotatable bonds is 1. The molecule has 0 amide bonds. The first-order valence-electron chi connectivity index (χ1n) is 5.80. The number of fused-ring (bicyclic) bond motifs is 1. The predicted octanol–water partition coefficient (Wildman–Crippen LogP) is 1.53. The predicted molar refractivity (Wildman–Crippen MR) is 59.3 cm³/mol. The van der Waals surface area contributed by atoms with Crippen LogP contribution in [0.1, 0.15) is 43.0 Å². The van der Waals surface area contributed by atoms with E-state index in [-0.39, 0.29) is 0 Å². The Labute approximate surface area is 90.0 Å². The Bertz CT molecular complexity index is 376. The molecule has 1 aromatic rings. The normalized spacial score (nSPS) is 22.5. The van der Waals surface area contributed by atoms with Crippen molar-refractivity contribution in [2.45, 2.75) is 44.8 Å². The van der Waals surface area contributed by atoms with Crippen LogP contribution < -0.4 is 5.73 Å². The highest BCUT2D eigenvalue weighted by atomic mass is 15.4. The number of nitrogens with zero attached hydrogens (tertiary/aromatic N) is 3. The van der Waals surface area contributed by atoms with E-state index in [1.54, 1.807) is 0 Å². The molecule has 0 radical (unpaired) electrons. The summed E-state index contributed by atoms with van der Waals surface area (Å²) in [6.45, 7) is 1.92. The van der Waals surface area contributed by atoms with Gasteiger partial charge in [-0.05, 0) is 19.9 Å². The molecule has 2 aliphatic rings. The quantitative estimate of drug-likeness (QED) is 0.758. The SMILES string of the molecule is CN1Cc2nn(C3CCCC3)c(N)c2C1. The van der Waals surface area contributed by atoms with E-state index in [0.717, 1.165) is 18.9 Å². The van der Waals surface area contributed by atoms with Gasteiger partial charge in [-0.3, -0.25) is 4.90 Å². The third kappa shape index (κ3) is 1.35. The van der Waals surface area contributed by atoms with E-state index in [4.69, 9.17) is 5.73 Å². The van der Waals surface area contributed by atoms with Crippen LogP contribution in [0.3, 0.4) is 0 Å². The minimum absolute atomic E-state index is 0.570. The highest BCUT2D eigenvalue weighted by Gasteiger charge is 2.27. The summed E-state index contributed by atoms with van der Waals surface area (Å²) in [5, 5.41) is 4.67. The Balaban J connectivity index is 1.94. The number of nitrogen functional groups attached to an aromatic ring is 1. The van der Waals surface area contributed by atoms with Crippen LogP contribution in [-0.4, -0.2) is 21.7 Å². The van der Waals surface area contributed by atoms with Crippen LogP contribution in [-0.2, 0) is 13.1 Å². The molecular formula is C11H18N4. The van der Waals surface area contributed by atoms with E-state index >= 15 is 0 Å². The number of anilines is 1. The first-order chi connectivity index (χ1) is 7.25. The van der Waals surface area contributed by atoms with Crippen molar-refractivity contribution in [2.75, 3.05) is 12.8 Å². The van der Waals surface area contributed by atoms with Crippen molar-refractivity contribution in [3.8, 4) is 0 Å². The van der Waals surface area contributed by atoms with E-state index in [1.165, 1.54) is 36.9 Å². The molecule has 1 aromatic heterocycles. The summed E-state index contributed by atoms with van der Waals surface area (Å²) < 4.78 is 2.09. The molecule has 1 aliphatic heterocycles. The molecule has 3 rings (SSSR count). The Morgan fingerprint density at radius 2 is 2.00 bits per heavy atom. The van der Waals surface area contributed by atoms with Gasteiger partial charge in [-0.15, -0.1) is 0 Å². The van der Waals surface area contributed by atoms with Crippen molar-refractivity contribution < 1.29 is 0 Å². The van der Waals surface area contributed by atoms with Crippen molar-refractivity contribution >= 4 is 5.82 Å². The standard InChI is InChI=1S/C11H18N4/c1-14-6-9-10(7-14)13-15(11(9)12)8-4-2-3-5-8/h8H,2-7,12H2,1H3. The molecular weight excluding hydrogens is 188 g/mol. The fraction of sp³-hybridized carbons (Fsp3) is 0.727. The first kappa shape index (κ1) is 9.21. The van der Waals surface area contributed by atoms with E-state index in [2.05, 4.69) is 21.7 Å². The van der Waals surface area contributed by atoms with E-state index < -0.39 is 0 Å². The molecule has 0 saturated heterocycles. The average molecular weight is 206 g/mol. The summed E-state index contributed by atoms with van der Waals surface area (Å²) in [6, 6.07) is 0.570. The Hall–Kier alpha value is -1.03. The monoisotopic (exact) mass is 206 g/mol. The summed E-state index contributed by atoms with van der Waals surface area (Å²) in [4.78, 5) is 2.26. The molecule has 0 aromatic carbocycles. The van der Waals surface area contributed by atoms with Gasteiger partial charge in [-0.2, -0.15) is 5.10 Å². The van der Waals surface area contributed by atoms with Gasteiger partial charge < -0.3 is 5.73 Å². The lowest BCUT2D eigenvalue weighted by Gasteiger charge is -2.14. The topological polar surface area (TPSA) is 47.1 Å². The number of hydrogen-bond donors (Lipinski definition) is 1. The highest BCUT2D eigenvalue weighted by Crippen LogP contribution is 2.34. The second-order valence-electron chi connectivity index (χ2n) is 4.87. The Kier molecular flexibility index (Phi) is 1.99. The van der Waals surface area contributed by atoms with Gasteiger partial charge in [0, 0.05) is 18.7 Å². The molecule has 4 nitrogen and oxygen atoms in total. The van der Waals surface area contributed by atoms with Crippen molar-refractivity contribution in [2.24, 2.45) is 0 Å². The van der Waals surface area contributed by atoms with Gasteiger partial charge in [0.05, 0.1) is 11.7 Å². The third-order valence-electron chi connectivity index (χ3n) is 3.65. The van der Waals surface area contributed by atoms with Gasteiger partial charge in [0.1, 0.15) is 5.82 Å². The maximum atomic E-state index is 6.17. The van der Waals surface area contributed by atoms with E-state index in [9.17, 15) is 0 Å². The zero-order chi connectivity index (χ0) is 10.4. The van der Waals surface area contributed by atoms with Gasteiger partial charge in [-0.1, -0.05) is 12.8 Å². The lowest BCUT2D eigenvalue weighted by Crippen LogP contribution is -2.15. The molecule has 1 saturated carbocycles. The molecule has 0 spiro atoms. The minimum atomic E-state index is 0.570. The lowest BCUT2D eigenvalue weighted by molar-refractivity contribution is 0.342. The highest BCUT2D eigenvalue weighted by molar-refractivity contribution is 5.45. The molecule has 0 unspecified atom stereocenters. The van der Waals surface area contributed by atoms with Gasteiger partial charge in [0.15, 0.2) is 0 Å². The van der Waals surface area contributed by atoms with Crippen molar-refractivity contribution in [3.63, 3.8) is 0 Å². The zero-order valence-electron chi connectivity index (χ0n) is 9.24. The maximum Gasteiger partial charge on any atom is 0.126 e. The molecule has 82 valence electrons. The number of aromatic nitrogens is 2. The summed E-state index contributed by atoms with van der Waals surface area (Å²) >= 11 is 0. The fourth-order valence-electron chi connectivity index (χ4n) is 2.84. The number of hydrogen-bond acceptors (Lipinski definition) is 3. The summed E-state index contributed by atoms with van der Waals surface area (Å²) in [7, 11) is 2.11. The zero-order valence-corrected chi connectivity index (χ0v) is 9.24. The molecule has 1 fully saturated rings. The molecule has 15 heavy (non-hydrogen) atoms. The van der Waals surface area contributed by atoms with Gasteiger partial charge in [0.25, 0.3) is 0 Å². The van der Waals surface area contributed by atoms with Crippen LogP contribution in [0, 0.1) is 0 Å². The van der Waals surface area contributed by atoms with Crippen molar-refractivity contribution in [1.82, 2.24) is 14.7 Å². The second-order valence-corrected chi connectivity index (χ2v) is 4.87. The van der Waals surface area contributed by atoms with E-state index in [1.807, 2.05) is 0 Å². The van der Waals surface area contributed by atoms with Gasteiger partial charge in [0.2, 0.25) is 0 Å². The molecule has 1 aliphatic carbocycles. The van der Waals surface area contributed by atoms with Gasteiger partial charge in [-0.25, -0.2) is 4.68 Å². The average Bonchev–Trinajstić information content (AvgIpc) is 2.84. The van der Waals surface area contributed by atoms with Crippen molar-refractivity contribution in [1.29, 1.82) is 0 Å². The van der Waals surface area contributed by atoms with Crippen LogP contribution in [0.4, 0.5) is 5.82 Å². The molecule has 0 bridgehead atoms. The first-order valence-corrected chi connectivity index (χ1v) is 5.80. The summed E-state index contributed by atoms with van der Waals surface area (Å²) in [6.07, 6.45) is 5.16. The van der Waals surface area contributed by atoms with Crippen LogP contribution >= 0.6 is 0 Å². The van der Waals surface area contributed by atoms with Crippen LogP contribution in [0.15, 0.2) is 0 Å². The molecule has 0 atom stereocenters. The summed E-state index contributed by atoms with van der Waals surface area (Å²) in [5.74, 6) is 0.918. The fourth-order valence-corrected chi connectivity index (χ4v) is 2.84. The van der Waals surface area contributed by atoms with Crippen LogP contribution in [0.2, 0.25) is 0 Å².